The zero-order valence-corrected chi connectivity index (χ0v) is 16.6. The number of aliphatic hydroxyl groups excluding tert-OH is 1. The van der Waals surface area contributed by atoms with E-state index in [1.807, 2.05) is 4.90 Å². The number of phosphoric acid groups is 1. The first kappa shape index (κ1) is 20.3. The van der Waals surface area contributed by atoms with Gasteiger partial charge in [0, 0.05) is 17.7 Å². The van der Waals surface area contributed by atoms with Gasteiger partial charge in [-0.3, -0.25) is 9.56 Å². The van der Waals surface area contributed by atoms with Crippen LogP contribution in [0.25, 0.3) is 0 Å². The van der Waals surface area contributed by atoms with Gasteiger partial charge < -0.3 is 35.0 Å². The van der Waals surface area contributed by atoms with Gasteiger partial charge in [0.15, 0.2) is 12.1 Å². The molecule has 6 atom stereocenters. The van der Waals surface area contributed by atoms with Crippen molar-refractivity contribution in [3.63, 3.8) is 0 Å². The molecule has 10 nitrogen and oxygen atoms in total. The molecule has 0 radical (unpaired) electrons. The fourth-order valence-electron chi connectivity index (χ4n) is 3.63. The summed E-state index contributed by atoms with van der Waals surface area (Å²) < 4.78 is 21.9. The van der Waals surface area contributed by atoms with Crippen molar-refractivity contribution in [2.45, 2.75) is 63.6 Å². The van der Waals surface area contributed by atoms with Gasteiger partial charge in [0.2, 0.25) is 0 Å². The van der Waals surface area contributed by atoms with Gasteiger partial charge in [-0.15, -0.1) is 0 Å². The lowest BCUT2D eigenvalue weighted by Gasteiger charge is -2.33. The molecule has 3 aliphatic rings. The molecule has 0 spiro atoms. The van der Waals surface area contributed by atoms with Gasteiger partial charge in [0.25, 0.3) is 7.82 Å². The zero-order valence-electron chi connectivity index (χ0n) is 15.7. The van der Waals surface area contributed by atoms with E-state index in [0.29, 0.717) is 18.5 Å². The third-order valence-electron chi connectivity index (χ3n) is 4.75. The molecule has 0 aromatic heterocycles. The van der Waals surface area contributed by atoms with Gasteiger partial charge in [-0.2, -0.15) is 0 Å². The highest BCUT2D eigenvalue weighted by atomic mass is 31.2. The summed E-state index contributed by atoms with van der Waals surface area (Å²) in [6, 6.07) is -0.281. The molecule has 0 aromatic rings. The van der Waals surface area contributed by atoms with Crippen LogP contribution >= 0.6 is 7.82 Å². The Morgan fingerprint density at radius 2 is 2.22 bits per heavy atom. The molecule has 2 heterocycles. The lowest BCUT2D eigenvalue weighted by molar-refractivity contribution is -0.235. The Kier molecular flexibility index (Phi) is 5.39. The summed E-state index contributed by atoms with van der Waals surface area (Å²) in [5.74, 6) is -0.0543. The van der Waals surface area contributed by atoms with Gasteiger partial charge in [-0.25, -0.2) is 4.99 Å². The number of hydrogen-bond acceptors (Lipinski definition) is 10. The Labute approximate surface area is 158 Å². The smallest absolute Gasteiger partial charge is 0.268 e. The van der Waals surface area contributed by atoms with Crippen LogP contribution in [-0.4, -0.2) is 58.9 Å². The quantitative estimate of drug-likeness (QED) is 0.543. The number of guanidine groups is 1. The molecule has 0 amide bonds. The molecule has 3 rings (SSSR count). The molecule has 11 heteroatoms. The molecule has 27 heavy (non-hydrogen) atoms. The summed E-state index contributed by atoms with van der Waals surface area (Å²) in [5, 5.41) is 13.3. The predicted molar refractivity (Wildman–Crippen MR) is 98.7 cm³/mol. The van der Waals surface area contributed by atoms with Crippen molar-refractivity contribution in [1.29, 1.82) is 0 Å². The van der Waals surface area contributed by atoms with Crippen molar-refractivity contribution in [2.24, 2.45) is 21.6 Å². The van der Waals surface area contributed by atoms with Crippen molar-refractivity contribution in [3.05, 3.63) is 12.3 Å². The van der Waals surface area contributed by atoms with E-state index in [1.165, 1.54) is 0 Å². The molecule has 1 fully saturated rings. The zero-order chi connectivity index (χ0) is 20.0. The van der Waals surface area contributed by atoms with Crippen molar-refractivity contribution in [1.82, 2.24) is 10.2 Å². The number of nitrogens with two attached hydrogens (primary N) is 1. The molecule has 4 N–H and O–H groups in total. The first-order valence-electron chi connectivity index (χ1n) is 8.89. The highest BCUT2D eigenvalue weighted by Crippen LogP contribution is 2.44. The van der Waals surface area contributed by atoms with Crippen LogP contribution in [0.2, 0.25) is 0 Å². The van der Waals surface area contributed by atoms with E-state index < -0.39 is 19.5 Å². The van der Waals surface area contributed by atoms with Crippen LogP contribution in [0.15, 0.2) is 22.3 Å². The maximum atomic E-state index is 11.9. The second-order valence-corrected chi connectivity index (χ2v) is 9.47. The van der Waals surface area contributed by atoms with Crippen LogP contribution in [-0.2, 0) is 13.6 Å². The lowest BCUT2D eigenvalue weighted by atomic mass is 10.1. The van der Waals surface area contributed by atoms with Gasteiger partial charge >= 0.3 is 0 Å². The largest absolute Gasteiger partial charge is 0.756 e. The first-order valence-corrected chi connectivity index (χ1v) is 10.4. The number of aliphatic imine (C=N–C) groups is 2. The van der Waals surface area contributed by atoms with Gasteiger partial charge in [-0.1, -0.05) is 6.58 Å². The monoisotopic (exact) mass is 400 g/mol. The second-order valence-electron chi connectivity index (χ2n) is 8.13. The lowest BCUT2D eigenvalue weighted by Crippen LogP contribution is -2.50. The van der Waals surface area contributed by atoms with Crippen molar-refractivity contribution < 1.29 is 23.6 Å². The summed E-state index contributed by atoms with van der Waals surface area (Å²) in [4.78, 5) is 22.7. The van der Waals surface area contributed by atoms with Crippen LogP contribution in [0.4, 0.5) is 0 Å². The van der Waals surface area contributed by atoms with Crippen molar-refractivity contribution in [3.8, 4) is 0 Å². The molecular formula is C16H27N5O5P-. The number of fused-ring (bicyclic) bond motifs is 1. The van der Waals surface area contributed by atoms with Crippen LogP contribution in [0.1, 0.15) is 33.6 Å². The first-order chi connectivity index (χ1) is 12.5. The Balaban J connectivity index is 1.60. The topological polar surface area (TPSA) is 145 Å². The Morgan fingerprint density at radius 1 is 1.52 bits per heavy atom. The van der Waals surface area contributed by atoms with E-state index in [2.05, 4.69) is 21.9 Å². The van der Waals surface area contributed by atoms with E-state index in [0.717, 1.165) is 0 Å². The molecule has 152 valence electrons. The Bertz CT molecular complexity index is 706. The van der Waals surface area contributed by atoms with Crippen molar-refractivity contribution in [2.75, 3.05) is 6.61 Å². The maximum Gasteiger partial charge on any atom is 0.268 e. The highest BCUT2D eigenvalue weighted by molar-refractivity contribution is 7.45. The molecule has 1 saturated carbocycles. The number of nitrogens with zero attached hydrogens (tertiary/aromatic N) is 3. The van der Waals surface area contributed by atoms with Gasteiger partial charge in [0.1, 0.15) is 6.04 Å². The molecule has 2 aliphatic heterocycles. The SMILES string of the molecule is C=C1NC(N)=NC2C1N=CN2C1CC(O)C(COP(=O)([O-])OC(C)(C)C)C1. The summed E-state index contributed by atoms with van der Waals surface area (Å²) in [6.45, 7) is 8.68. The van der Waals surface area contributed by atoms with E-state index in [1.54, 1.807) is 27.1 Å². The highest BCUT2D eigenvalue weighted by Gasteiger charge is 2.44. The fourth-order valence-corrected chi connectivity index (χ4v) is 4.73. The normalized spacial score (nSPS) is 35.6. The Hall–Kier alpha value is -1.45. The van der Waals surface area contributed by atoms with Crippen molar-refractivity contribution >= 4 is 20.1 Å². The third-order valence-corrected chi connectivity index (χ3v) is 5.99. The number of hydrogen-bond donors (Lipinski definition) is 3. The third kappa shape index (κ3) is 4.70. The van der Waals surface area contributed by atoms with Crippen LogP contribution in [0.5, 0.6) is 0 Å². The average molecular weight is 400 g/mol. The van der Waals surface area contributed by atoms with Crippen LogP contribution in [0.3, 0.4) is 0 Å². The number of nitrogens with one attached hydrogen (secondary N) is 1. The van der Waals surface area contributed by atoms with Crippen LogP contribution in [0, 0.1) is 5.92 Å². The van der Waals surface area contributed by atoms with E-state index in [-0.39, 0.29) is 36.7 Å². The van der Waals surface area contributed by atoms with E-state index in [4.69, 9.17) is 14.8 Å². The van der Waals surface area contributed by atoms with E-state index >= 15 is 0 Å². The molecule has 0 aromatic carbocycles. The standard InChI is InChI=1S/C16H28N5O5P/c1-9-13-14(20-15(17)19-9)21(8-18-13)11-5-10(12(22)6-11)7-25-27(23,24)26-16(2,3)4/h8,10-14,22H,1,5-7H2,2-4H3,(H,23,24)(H3,17,19,20)/p-1. The molecular weight excluding hydrogens is 373 g/mol. The summed E-state index contributed by atoms with van der Waals surface area (Å²) in [6.07, 6.45) is 1.71. The van der Waals surface area contributed by atoms with E-state index in [9.17, 15) is 14.6 Å². The van der Waals surface area contributed by atoms with Gasteiger partial charge in [-0.05, 0) is 33.6 Å². The van der Waals surface area contributed by atoms with Gasteiger partial charge in [0.05, 0.1) is 24.7 Å². The average Bonchev–Trinajstić information content (AvgIpc) is 3.06. The molecule has 0 bridgehead atoms. The minimum Gasteiger partial charge on any atom is -0.756 e. The fraction of sp³-hybridized carbons (Fsp3) is 0.750. The molecule has 1 aliphatic carbocycles. The predicted octanol–water partition coefficient (Wildman–Crippen LogP) is -0.104. The number of phosphoric ester groups is 1. The molecule has 0 saturated heterocycles. The Morgan fingerprint density at radius 3 is 2.89 bits per heavy atom. The molecule has 6 unspecified atom stereocenters. The minimum absolute atomic E-state index is 0.0515. The number of aliphatic hydroxyl groups is 1. The summed E-state index contributed by atoms with van der Waals surface area (Å²) in [7, 11) is -4.44. The second kappa shape index (κ2) is 7.18. The summed E-state index contributed by atoms with van der Waals surface area (Å²) in [5.41, 5.74) is 5.60. The maximum absolute atomic E-state index is 11.9. The summed E-state index contributed by atoms with van der Waals surface area (Å²) >= 11 is 0. The van der Waals surface area contributed by atoms with Crippen LogP contribution < -0.4 is 15.9 Å². The number of rotatable bonds is 5. The minimum atomic E-state index is -4.44.